The van der Waals surface area contributed by atoms with Gasteiger partial charge in [-0.25, -0.2) is 4.79 Å². The number of carbonyl (C=O) groups is 1. The van der Waals surface area contributed by atoms with E-state index in [0.29, 0.717) is 13.2 Å². The van der Waals surface area contributed by atoms with Gasteiger partial charge in [-0.3, -0.25) is 0 Å². The van der Waals surface area contributed by atoms with Crippen molar-refractivity contribution in [3.05, 3.63) is 89.9 Å². The number of rotatable bonds is 6. The van der Waals surface area contributed by atoms with Crippen molar-refractivity contribution in [1.29, 1.82) is 0 Å². The lowest BCUT2D eigenvalue weighted by Gasteiger charge is -2.32. The molecule has 0 radical (unpaired) electrons. The van der Waals surface area contributed by atoms with Gasteiger partial charge in [-0.2, -0.15) is 0 Å². The van der Waals surface area contributed by atoms with Crippen LogP contribution in [0.25, 0.3) is 17.0 Å². The first-order chi connectivity index (χ1) is 15.6. The molecule has 0 unspecified atom stereocenters. The minimum atomic E-state index is -1.08. The third-order valence-corrected chi connectivity index (χ3v) is 6.38. The Balaban J connectivity index is 1.49. The minimum absolute atomic E-state index is 0.0744. The van der Waals surface area contributed by atoms with Gasteiger partial charge in [-0.15, -0.1) is 0 Å². The van der Waals surface area contributed by atoms with Crippen LogP contribution >= 0.6 is 11.8 Å². The van der Waals surface area contributed by atoms with Crippen LogP contribution in [0.5, 0.6) is 0 Å². The van der Waals surface area contributed by atoms with Crippen molar-refractivity contribution >= 4 is 46.2 Å². The van der Waals surface area contributed by atoms with Gasteiger partial charge in [-0.05, 0) is 61.0 Å². The van der Waals surface area contributed by atoms with Crippen LogP contribution in [0, 0.1) is 0 Å². The summed E-state index contributed by atoms with van der Waals surface area (Å²) in [6.45, 7) is 2.65. The molecule has 0 fully saturated rings. The van der Waals surface area contributed by atoms with Gasteiger partial charge in [0.05, 0.1) is 24.5 Å². The first kappa shape index (κ1) is 20.3. The number of hydrogen-bond acceptors (Lipinski definition) is 5. The lowest BCUT2D eigenvalue weighted by atomic mass is 10.1. The van der Waals surface area contributed by atoms with Gasteiger partial charge in [0.15, 0.2) is 0 Å². The largest absolute Gasteiger partial charge is 0.487 e. The Kier molecular flexibility index (Phi) is 5.37. The highest BCUT2D eigenvalue weighted by molar-refractivity contribution is 7.99. The number of para-hydroxylation sites is 2. The molecule has 1 aromatic heterocycles. The minimum Gasteiger partial charge on any atom is -0.487 e. The summed E-state index contributed by atoms with van der Waals surface area (Å²) in [5.41, 5.74) is 3.82. The van der Waals surface area contributed by atoms with E-state index in [-0.39, 0.29) is 5.76 Å². The molecule has 5 nitrogen and oxygen atoms in total. The van der Waals surface area contributed by atoms with E-state index in [4.69, 9.17) is 9.15 Å². The molecule has 0 saturated heterocycles. The van der Waals surface area contributed by atoms with E-state index in [0.717, 1.165) is 33.7 Å². The van der Waals surface area contributed by atoms with E-state index in [1.807, 2.05) is 24.3 Å². The maximum atomic E-state index is 11.4. The summed E-state index contributed by atoms with van der Waals surface area (Å²) < 4.78 is 11.4. The van der Waals surface area contributed by atoms with Crippen molar-refractivity contribution in [1.82, 2.24) is 0 Å². The molecule has 3 aromatic carbocycles. The number of anilines is 2. The molecule has 0 saturated carbocycles. The Morgan fingerprint density at radius 1 is 1.03 bits per heavy atom. The second-order valence-corrected chi connectivity index (χ2v) is 8.46. The van der Waals surface area contributed by atoms with Crippen molar-refractivity contribution in [3.8, 4) is 0 Å². The fourth-order valence-corrected chi connectivity index (χ4v) is 4.96. The number of ether oxygens (including phenoxy) is 1. The SMILES string of the molecule is CCOC(=Cc1ccc2oc(CN3c4ccccc4Sc4ccccc43)cc2c1)C(=O)O. The van der Waals surface area contributed by atoms with Crippen LogP contribution in [0.15, 0.2) is 92.8 Å². The summed E-state index contributed by atoms with van der Waals surface area (Å²) in [6.07, 6.45) is 1.53. The molecule has 0 aliphatic carbocycles. The molecule has 1 aliphatic rings. The Bertz CT molecular complexity index is 1300. The molecule has 0 bridgehead atoms. The molecule has 160 valence electrons. The zero-order valence-electron chi connectivity index (χ0n) is 17.4. The van der Waals surface area contributed by atoms with Crippen LogP contribution in [0.3, 0.4) is 0 Å². The summed E-state index contributed by atoms with van der Waals surface area (Å²) in [5, 5.41) is 10.2. The summed E-state index contributed by atoms with van der Waals surface area (Å²) in [7, 11) is 0. The molecule has 32 heavy (non-hydrogen) atoms. The van der Waals surface area contributed by atoms with Crippen LogP contribution in [0.4, 0.5) is 11.4 Å². The third-order valence-electron chi connectivity index (χ3n) is 5.25. The molecule has 0 atom stereocenters. The highest BCUT2D eigenvalue weighted by Crippen LogP contribution is 2.48. The predicted molar refractivity (Wildman–Crippen MR) is 126 cm³/mol. The zero-order valence-corrected chi connectivity index (χ0v) is 18.3. The average Bonchev–Trinajstić information content (AvgIpc) is 3.20. The van der Waals surface area contributed by atoms with Crippen LogP contribution in [-0.2, 0) is 16.1 Å². The number of furan rings is 1. The number of benzene rings is 3. The van der Waals surface area contributed by atoms with Crippen molar-refractivity contribution in [2.24, 2.45) is 0 Å². The van der Waals surface area contributed by atoms with Gasteiger partial charge in [0.2, 0.25) is 5.76 Å². The summed E-state index contributed by atoms with van der Waals surface area (Å²) in [4.78, 5) is 16.1. The summed E-state index contributed by atoms with van der Waals surface area (Å²) in [5.74, 6) is -0.323. The smallest absolute Gasteiger partial charge is 0.371 e. The molecule has 4 aromatic rings. The molecular formula is C26H21NO4S. The standard InChI is InChI=1S/C26H21NO4S/c1-2-30-23(26(28)29)14-17-11-12-22-18(13-17)15-19(31-22)16-27-20-7-3-5-9-24(20)32-25-10-6-4-8-21(25)27/h3-15H,2,16H2,1H3,(H,28,29). The lowest BCUT2D eigenvalue weighted by molar-refractivity contribution is -0.136. The number of nitrogens with zero attached hydrogens (tertiary/aromatic N) is 1. The zero-order chi connectivity index (χ0) is 22.1. The first-order valence-electron chi connectivity index (χ1n) is 10.4. The van der Waals surface area contributed by atoms with Gasteiger partial charge in [0.25, 0.3) is 0 Å². The van der Waals surface area contributed by atoms with Crippen LogP contribution in [0.2, 0.25) is 0 Å². The highest BCUT2D eigenvalue weighted by Gasteiger charge is 2.24. The van der Waals surface area contributed by atoms with E-state index in [9.17, 15) is 9.90 Å². The Labute approximate surface area is 189 Å². The van der Waals surface area contributed by atoms with E-state index in [1.165, 1.54) is 15.9 Å². The van der Waals surface area contributed by atoms with Crippen molar-refractivity contribution in [3.63, 3.8) is 0 Å². The number of carboxylic acid groups (broad SMARTS) is 1. The second kappa shape index (κ2) is 8.48. The predicted octanol–water partition coefficient (Wildman–Crippen LogP) is 6.70. The van der Waals surface area contributed by atoms with Gasteiger partial charge in [-0.1, -0.05) is 42.1 Å². The maximum Gasteiger partial charge on any atom is 0.371 e. The van der Waals surface area contributed by atoms with Gasteiger partial charge in [0, 0.05) is 15.2 Å². The third kappa shape index (κ3) is 3.85. The number of carboxylic acids is 1. The molecule has 1 N–H and O–H groups in total. The normalized spacial score (nSPS) is 13.0. The van der Waals surface area contributed by atoms with Crippen molar-refractivity contribution < 1.29 is 19.1 Å². The second-order valence-electron chi connectivity index (χ2n) is 7.38. The molecule has 0 amide bonds. The van der Waals surface area contributed by atoms with Crippen molar-refractivity contribution in [2.75, 3.05) is 11.5 Å². The molecule has 0 spiro atoms. The van der Waals surface area contributed by atoms with E-state index in [2.05, 4.69) is 53.4 Å². The Morgan fingerprint density at radius 3 is 2.38 bits per heavy atom. The molecular weight excluding hydrogens is 422 g/mol. The van der Waals surface area contributed by atoms with Gasteiger partial charge >= 0.3 is 5.97 Å². The number of hydrogen-bond donors (Lipinski definition) is 1. The van der Waals surface area contributed by atoms with Gasteiger partial charge in [0.1, 0.15) is 11.3 Å². The Hall–Kier alpha value is -3.64. The average molecular weight is 444 g/mol. The fourth-order valence-electron chi connectivity index (χ4n) is 3.86. The monoisotopic (exact) mass is 443 g/mol. The highest BCUT2D eigenvalue weighted by atomic mass is 32.2. The van der Waals surface area contributed by atoms with Crippen molar-refractivity contribution in [2.45, 2.75) is 23.3 Å². The van der Waals surface area contributed by atoms with Crippen LogP contribution in [0.1, 0.15) is 18.2 Å². The van der Waals surface area contributed by atoms with Crippen LogP contribution in [-0.4, -0.2) is 17.7 Å². The lowest BCUT2D eigenvalue weighted by Crippen LogP contribution is -2.19. The molecule has 6 heteroatoms. The maximum absolute atomic E-state index is 11.4. The Morgan fingerprint density at radius 2 is 1.72 bits per heavy atom. The first-order valence-corrected chi connectivity index (χ1v) is 11.2. The van der Waals surface area contributed by atoms with Gasteiger partial charge < -0.3 is 19.2 Å². The quantitative estimate of drug-likeness (QED) is 0.264. The van der Waals surface area contributed by atoms with E-state index in [1.54, 1.807) is 18.7 Å². The van der Waals surface area contributed by atoms with Crippen LogP contribution < -0.4 is 4.90 Å². The fraction of sp³-hybridized carbons (Fsp3) is 0.115. The van der Waals surface area contributed by atoms with E-state index < -0.39 is 5.97 Å². The van der Waals surface area contributed by atoms with E-state index >= 15 is 0 Å². The topological polar surface area (TPSA) is 62.9 Å². The summed E-state index contributed by atoms with van der Waals surface area (Å²) in [6, 6.07) is 24.4. The molecule has 2 heterocycles. The molecule has 5 rings (SSSR count). The summed E-state index contributed by atoms with van der Waals surface area (Å²) >= 11 is 1.78. The number of fused-ring (bicyclic) bond motifs is 3. The number of aliphatic carboxylic acids is 1. The molecule has 1 aliphatic heterocycles.